The van der Waals surface area contributed by atoms with Crippen molar-refractivity contribution in [3.8, 4) is 0 Å². The SMILES string of the molecule is COC1=NC(O)(Nc2ccc3[nH]ncc3c2)N=C(N2CCCCC2)N1. The van der Waals surface area contributed by atoms with Crippen molar-refractivity contribution in [3.05, 3.63) is 24.4 Å². The minimum atomic E-state index is -1.83. The predicted molar refractivity (Wildman–Crippen MR) is 95.1 cm³/mol. The highest BCUT2D eigenvalue weighted by Crippen LogP contribution is 2.23. The number of hydrogen-bond donors (Lipinski definition) is 4. The molecule has 1 aromatic carbocycles. The van der Waals surface area contributed by atoms with Crippen LogP contribution in [-0.2, 0) is 4.74 Å². The molecular weight excluding hydrogens is 322 g/mol. The Morgan fingerprint density at radius 1 is 1.24 bits per heavy atom. The second kappa shape index (κ2) is 6.25. The van der Waals surface area contributed by atoms with Crippen molar-refractivity contribution in [1.82, 2.24) is 20.4 Å². The minimum absolute atomic E-state index is 0.218. The highest BCUT2D eigenvalue weighted by Gasteiger charge is 2.34. The number of guanidine groups is 1. The van der Waals surface area contributed by atoms with Gasteiger partial charge in [-0.05, 0) is 37.5 Å². The van der Waals surface area contributed by atoms with Crippen molar-refractivity contribution in [2.24, 2.45) is 9.98 Å². The van der Waals surface area contributed by atoms with E-state index in [2.05, 4.69) is 35.7 Å². The molecule has 1 saturated heterocycles. The number of piperidine rings is 1. The van der Waals surface area contributed by atoms with Crippen LogP contribution in [0.2, 0.25) is 0 Å². The fourth-order valence-electron chi connectivity index (χ4n) is 3.09. The van der Waals surface area contributed by atoms with Gasteiger partial charge in [0.25, 0.3) is 6.02 Å². The van der Waals surface area contributed by atoms with Crippen LogP contribution in [-0.4, -0.2) is 58.4 Å². The molecule has 0 bridgehead atoms. The lowest BCUT2D eigenvalue weighted by molar-refractivity contribution is 0.0807. The van der Waals surface area contributed by atoms with Gasteiger partial charge in [0.1, 0.15) is 0 Å². The molecule has 25 heavy (non-hydrogen) atoms. The Balaban J connectivity index is 1.62. The van der Waals surface area contributed by atoms with E-state index in [1.165, 1.54) is 13.5 Å². The first-order valence-corrected chi connectivity index (χ1v) is 8.34. The van der Waals surface area contributed by atoms with Gasteiger partial charge in [0, 0.05) is 24.2 Å². The van der Waals surface area contributed by atoms with Crippen molar-refractivity contribution >= 4 is 28.6 Å². The summed E-state index contributed by atoms with van der Waals surface area (Å²) in [7, 11) is 1.50. The van der Waals surface area contributed by atoms with Crippen LogP contribution in [0, 0.1) is 0 Å². The first-order chi connectivity index (χ1) is 12.1. The monoisotopic (exact) mass is 343 g/mol. The number of aromatic amines is 1. The molecule has 9 heteroatoms. The quantitative estimate of drug-likeness (QED) is 0.606. The fraction of sp³-hybridized carbons (Fsp3) is 0.438. The van der Waals surface area contributed by atoms with Crippen LogP contribution in [0.5, 0.6) is 0 Å². The molecule has 0 spiro atoms. The third-order valence-electron chi connectivity index (χ3n) is 4.34. The number of hydrogen-bond acceptors (Lipinski definition) is 8. The molecule has 0 amide bonds. The summed E-state index contributed by atoms with van der Waals surface area (Å²) in [5.74, 6) is -1.27. The molecular formula is C16H21N7O2. The Hall–Kier alpha value is -2.81. The van der Waals surface area contributed by atoms with Gasteiger partial charge in [-0.1, -0.05) is 0 Å². The molecule has 2 aliphatic rings. The van der Waals surface area contributed by atoms with Gasteiger partial charge in [-0.25, -0.2) is 0 Å². The first-order valence-electron chi connectivity index (χ1n) is 8.34. The lowest BCUT2D eigenvalue weighted by atomic mass is 10.1. The number of H-pyrrole nitrogens is 1. The number of aliphatic imine (C=N–C) groups is 2. The van der Waals surface area contributed by atoms with Crippen LogP contribution in [0.4, 0.5) is 5.69 Å². The topological polar surface area (TPSA) is 110 Å². The number of nitrogens with one attached hydrogen (secondary N) is 3. The summed E-state index contributed by atoms with van der Waals surface area (Å²) >= 11 is 0. The van der Waals surface area contributed by atoms with Gasteiger partial charge in [-0.15, -0.1) is 0 Å². The molecule has 4 rings (SSSR count). The number of aromatic nitrogens is 2. The van der Waals surface area contributed by atoms with E-state index in [1.807, 2.05) is 18.2 Å². The van der Waals surface area contributed by atoms with Gasteiger partial charge < -0.3 is 20.1 Å². The maximum atomic E-state index is 10.9. The van der Waals surface area contributed by atoms with E-state index in [0.717, 1.165) is 36.8 Å². The molecule has 0 saturated carbocycles. The van der Waals surface area contributed by atoms with Crippen LogP contribution < -0.4 is 10.6 Å². The zero-order chi connectivity index (χ0) is 17.3. The number of methoxy groups -OCH3 is 1. The van der Waals surface area contributed by atoms with E-state index in [-0.39, 0.29) is 6.02 Å². The van der Waals surface area contributed by atoms with Crippen molar-refractivity contribution in [1.29, 1.82) is 0 Å². The fourth-order valence-corrected chi connectivity index (χ4v) is 3.09. The normalized spacial score (nSPS) is 23.7. The molecule has 1 fully saturated rings. The highest BCUT2D eigenvalue weighted by molar-refractivity contribution is 5.98. The van der Waals surface area contributed by atoms with Gasteiger partial charge in [-0.2, -0.15) is 15.1 Å². The zero-order valence-electron chi connectivity index (χ0n) is 14.0. The summed E-state index contributed by atoms with van der Waals surface area (Å²) in [6.07, 6.45) is 5.13. The standard InChI is InChI=1S/C16H21N7O2/c1-25-15-18-14(23-7-3-2-4-8-23)20-16(24,21-15)19-12-5-6-13-11(9-12)10-17-22-13/h5-6,9-10,19,24H,2-4,7-8H2,1H3,(H,17,22)(H,18,20,21). The second-order valence-electron chi connectivity index (χ2n) is 6.16. The summed E-state index contributed by atoms with van der Waals surface area (Å²) in [4.78, 5) is 10.6. The van der Waals surface area contributed by atoms with E-state index >= 15 is 0 Å². The van der Waals surface area contributed by atoms with E-state index in [4.69, 9.17) is 4.74 Å². The molecule has 1 atom stereocenters. The number of benzene rings is 1. The Bertz CT molecular complexity index is 825. The molecule has 4 N–H and O–H groups in total. The highest BCUT2D eigenvalue weighted by atomic mass is 16.5. The summed E-state index contributed by atoms with van der Waals surface area (Å²) in [5.41, 5.74) is 1.60. The maximum Gasteiger partial charge on any atom is 0.348 e. The van der Waals surface area contributed by atoms with Gasteiger partial charge in [0.2, 0.25) is 5.96 Å². The van der Waals surface area contributed by atoms with E-state index in [0.29, 0.717) is 11.6 Å². The Kier molecular flexibility index (Phi) is 3.92. The summed E-state index contributed by atoms with van der Waals surface area (Å²) in [5, 5.41) is 24.7. The molecule has 0 radical (unpaired) electrons. The minimum Gasteiger partial charge on any atom is -0.468 e. The molecule has 2 aromatic rings. The number of ether oxygens (including phenoxy) is 1. The number of rotatable bonds is 2. The van der Waals surface area contributed by atoms with Gasteiger partial charge in [0.05, 0.1) is 18.8 Å². The Morgan fingerprint density at radius 2 is 2.08 bits per heavy atom. The van der Waals surface area contributed by atoms with E-state index < -0.39 is 5.97 Å². The average Bonchev–Trinajstić information content (AvgIpc) is 3.09. The van der Waals surface area contributed by atoms with Gasteiger partial charge >= 0.3 is 5.97 Å². The summed E-state index contributed by atoms with van der Waals surface area (Å²) in [6, 6.07) is 5.80. The molecule has 132 valence electrons. The Labute approximate surface area is 144 Å². The van der Waals surface area contributed by atoms with Crippen LogP contribution in [0.15, 0.2) is 34.4 Å². The van der Waals surface area contributed by atoms with Crippen LogP contribution in [0.1, 0.15) is 19.3 Å². The average molecular weight is 343 g/mol. The molecule has 0 aliphatic carbocycles. The molecule has 9 nitrogen and oxygen atoms in total. The van der Waals surface area contributed by atoms with Crippen LogP contribution in [0.25, 0.3) is 10.9 Å². The third kappa shape index (κ3) is 3.22. The number of anilines is 1. The number of fused-ring (bicyclic) bond motifs is 1. The molecule has 3 heterocycles. The molecule has 2 aliphatic heterocycles. The lowest BCUT2D eigenvalue weighted by Crippen LogP contribution is -2.53. The van der Waals surface area contributed by atoms with Crippen molar-refractivity contribution in [2.45, 2.75) is 25.2 Å². The van der Waals surface area contributed by atoms with Crippen molar-refractivity contribution < 1.29 is 9.84 Å². The maximum absolute atomic E-state index is 10.9. The number of likely N-dealkylation sites (tertiary alicyclic amines) is 1. The van der Waals surface area contributed by atoms with Crippen molar-refractivity contribution in [2.75, 3.05) is 25.5 Å². The number of aliphatic hydroxyl groups is 1. The van der Waals surface area contributed by atoms with E-state index in [1.54, 1.807) is 6.20 Å². The van der Waals surface area contributed by atoms with Crippen LogP contribution in [0.3, 0.4) is 0 Å². The predicted octanol–water partition coefficient (Wildman–Crippen LogP) is 1.03. The summed E-state index contributed by atoms with van der Waals surface area (Å²) < 4.78 is 5.22. The number of nitrogens with zero attached hydrogens (tertiary/aromatic N) is 4. The molecule has 1 unspecified atom stereocenters. The Morgan fingerprint density at radius 3 is 2.88 bits per heavy atom. The van der Waals surface area contributed by atoms with E-state index in [9.17, 15) is 5.11 Å². The second-order valence-corrected chi connectivity index (χ2v) is 6.16. The van der Waals surface area contributed by atoms with Crippen molar-refractivity contribution in [3.63, 3.8) is 0 Å². The zero-order valence-corrected chi connectivity index (χ0v) is 14.0. The number of amidine groups is 1. The van der Waals surface area contributed by atoms with Crippen LogP contribution >= 0.6 is 0 Å². The first kappa shape index (κ1) is 15.7. The van der Waals surface area contributed by atoms with Gasteiger partial charge in [0.15, 0.2) is 0 Å². The molecule has 1 aromatic heterocycles. The summed E-state index contributed by atoms with van der Waals surface area (Å²) in [6.45, 7) is 1.78. The smallest absolute Gasteiger partial charge is 0.348 e. The van der Waals surface area contributed by atoms with Gasteiger partial charge in [-0.3, -0.25) is 10.4 Å². The lowest BCUT2D eigenvalue weighted by Gasteiger charge is -2.34. The largest absolute Gasteiger partial charge is 0.468 e. The third-order valence-corrected chi connectivity index (χ3v) is 4.34.